The van der Waals surface area contributed by atoms with E-state index < -0.39 is 12.1 Å². The van der Waals surface area contributed by atoms with Gasteiger partial charge in [-0.25, -0.2) is 4.79 Å². The molecular weight excluding hydrogens is 476 g/mol. The number of benzene rings is 2. The van der Waals surface area contributed by atoms with Crippen LogP contribution in [0, 0.1) is 0 Å². The Morgan fingerprint density at radius 1 is 1.06 bits per heavy atom. The van der Waals surface area contributed by atoms with Crippen molar-refractivity contribution >= 4 is 40.1 Å². The van der Waals surface area contributed by atoms with E-state index in [9.17, 15) is 9.59 Å². The molecule has 0 aliphatic heterocycles. The van der Waals surface area contributed by atoms with E-state index in [0.717, 1.165) is 52.2 Å². The van der Waals surface area contributed by atoms with Crippen LogP contribution >= 0.6 is 12.2 Å². The lowest BCUT2D eigenvalue weighted by Crippen LogP contribution is -2.47. The molecule has 8 nitrogen and oxygen atoms in total. The van der Waals surface area contributed by atoms with Crippen molar-refractivity contribution in [1.82, 2.24) is 20.9 Å². The lowest BCUT2D eigenvalue weighted by atomic mass is 10.1. The fourth-order valence-corrected chi connectivity index (χ4v) is 3.95. The molecule has 3 rings (SSSR count). The molecule has 2 aromatic carbocycles. The van der Waals surface area contributed by atoms with Crippen LogP contribution in [0.1, 0.15) is 37.3 Å². The van der Waals surface area contributed by atoms with Crippen LogP contribution in [0.2, 0.25) is 0 Å². The van der Waals surface area contributed by atoms with Gasteiger partial charge in [0.05, 0.1) is 12.1 Å². The largest absolute Gasteiger partial charge is 0.497 e. The van der Waals surface area contributed by atoms with Gasteiger partial charge in [0.25, 0.3) is 0 Å². The van der Waals surface area contributed by atoms with Gasteiger partial charge in [-0.2, -0.15) is 0 Å². The Hall–Kier alpha value is -3.59. The molecule has 1 aromatic heterocycles. The molecule has 0 aliphatic rings. The molecule has 192 valence electrons. The van der Waals surface area contributed by atoms with Crippen LogP contribution < -0.4 is 20.7 Å². The maximum absolute atomic E-state index is 13.0. The van der Waals surface area contributed by atoms with Gasteiger partial charge in [-0.1, -0.05) is 42.5 Å². The predicted octanol–water partition coefficient (Wildman–Crippen LogP) is 4.24. The summed E-state index contributed by atoms with van der Waals surface area (Å²) in [5, 5.41) is 9.86. The summed E-state index contributed by atoms with van der Waals surface area (Å²) < 4.78 is 10.7. The number of amides is 2. The van der Waals surface area contributed by atoms with E-state index in [1.165, 1.54) is 0 Å². The normalized spacial score (nSPS) is 11.5. The van der Waals surface area contributed by atoms with Gasteiger partial charge in [0, 0.05) is 30.2 Å². The minimum absolute atomic E-state index is 0.142. The quantitative estimate of drug-likeness (QED) is 0.203. The van der Waals surface area contributed by atoms with Crippen molar-refractivity contribution in [2.75, 3.05) is 20.2 Å². The first-order valence-electron chi connectivity index (χ1n) is 12.1. The zero-order valence-corrected chi connectivity index (χ0v) is 21.6. The topological polar surface area (TPSA) is 104 Å². The average Bonchev–Trinajstić information content (AvgIpc) is 3.29. The number of hydrogen-bond donors (Lipinski definition) is 4. The molecule has 1 heterocycles. The molecule has 0 bridgehead atoms. The first kappa shape index (κ1) is 27.0. The molecule has 36 heavy (non-hydrogen) atoms. The minimum atomic E-state index is -0.690. The molecule has 0 aliphatic carbocycles. The smallest absolute Gasteiger partial charge is 0.408 e. The van der Waals surface area contributed by atoms with Gasteiger partial charge in [0.2, 0.25) is 5.91 Å². The maximum atomic E-state index is 13.0. The third kappa shape index (κ3) is 8.57. The number of H-pyrrole nitrogens is 1. The number of carbonyl (C=O) groups excluding carboxylic acids is 2. The highest BCUT2D eigenvalue weighted by Gasteiger charge is 2.21. The Balaban J connectivity index is 1.53. The summed E-state index contributed by atoms with van der Waals surface area (Å²) in [4.78, 5) is 29.4. The molecule has 1 atom stereocenters. The summed E-state index contributed by atoms with van der Waals surface area (Å²) in [5.41, 5.74) is 2.97. The predicted molar refractivity (Wildman–Crippen MR) is 145 cm³/mol. The SMILES string of the molecule is COc1ccc2[nH]cc(CCNC(=O)[C@H](CCCCNC(C)=S)NC(=O)OCc3ccccc3)c2c1. The van der Waals surface area contributed by atoms with Crippen molar-refractivity contribution in [3.05, 3.63) is 65.9 Å². The summed E-state index contributed by atoms with van der Waals surface area (Å²) >= 11 is 5.03. The Labute approximate surface area is 217 Å². The number of rotatable bonds is 13. The van der Waals surface area contributed by atoms with Crippen molar-refractivity contribution in [3.63, 3.8) is 0 Å². The first-order chi connectivity index (χ1) is 17.5. The van der Waals surface area contributed by atoms with E-state index in [0.29, 0.717) is 19.4 Å². The standard InChI is InChI=1S/C27H34N4O4S/c1-19(36)28-14-7-6-10-25(31-27(33)35-18-20-8-4-3-5-9-20)26(32)29-15-13-21-17-30-24-12-11-22(34-2)16-23(21)24/h3-5,8-9,11-12,16-17,25,30H,6-7,10,13-15,18H2,1-2H3,(H,28,36)(H,29,32)(H,31,33)/t25-/m0/s1. The zero-order chi connectivity index (χ0) is 25.8. The molecule has 2 amide bonds. The van der Waals surface area contributed by atoms with E-state index in [1.807, 2.05) is 61.7 Å². The molecule has 0 saturated carbocycles. The average molecular weight is 511 g/mol. The fourth-order valence-electron chi connectivity index (χ4n) is 3.85. The van der Waals surface area contributed by atoms with Gasteiger partial charge < -0.3 is 30.4 Å². The monoisotopic (exact) mass is 510 g/mol. The van der Waals surface area contributed by atoms with Gasteiger partial charge in [0.1, 0.15) is 18.4 Å². The first-order valence-corrected chi connectivity index (χ1v) is 12.5. The number of hydrogen-bond acceptors (Lipinski definition) is 5. The van der Waals surface area contributed by atoms with Crippen LogP contribution in [0.25, 0.3) is 10.9 Å². The molecule has 3 aromatic rings. The molecule has 0 unspecified atom stereocenters. The van der Waals surface area contributed by atoms with Crippen molar-refractivity contribution in [2.24, 2.45) is 0 Å². The summed E-state index contributed by atoms with van der Waals surface area (Å²) in [6.07, 6.45) is 4.04. The third-order valence-corrected chi connectivity index (χ3v) is 5.93. The highest BCUT2D eigenvalue weighted by molar-refractivity contribution is 7.80. The Morgan fingerprint density at radius 3 is 2.61 bits per heavy atom. The number of methoxy groups -OCH3 is 1. The van der Waals surface area contributed by atoms with Crippen LogP contribution in [-0.4, -0.2) is 48.2 Å². The molecule has 0 radical (unpaired) electrons. The van der Waals surface area contributed by atoms with E-state index >= 15 is 0 Å². The second kappa shape index (κ2) is 14.1. The highest BCUT2D eigenvalue weighted by atomic mass is 32.1. The number of unbranched alkanes of at least 4 members (excludes halogenated alkanes) is 1. The number of aromatic amines is 1. The second-order valence-corrected chi connectivity index (χ2v) is 9.12. The third-order valence-electron chi connectivity index (χ3n) is 5.78. The lowest BCUT2D eigenvalue weighted by Gasteiger charge is -2.18. The Bertz CT molecular complexity index is 1150. The van der Waals surface area contributed by atoms with Crippen LogP contribution in [0.4, 0.5) is 4.79 Å². The molecule has 0 saturated heterocycles. The van der Waals surface area contributed by atoms with Gasteiger partial charge in [-0.3, -0.25) is 4.79 Å². The van der Waals surface area contributed by atoms with E-state index in [-0.39, 0.29) is 12.5 Å². The lowest BCUT2D eigenvalue weighted by molar-refractivity contribution is -0.123. The second-order valence-electron chi connectivity index (χ2n) is 8.50. The van der Waals surface area contributed by atoms with Crippen molar-refractivity contribution in [1.29, 1.82) is 0 Å². The zero-order valence-electron chi connectivity index (χ0n) is 20.8. The molecule has 4 N–H and O–H groups in total. The highest BCUT2D eigenvalue weighted by Crippen LogP contribution is 2.23. The minimum Gasteiger partial charge on any atom is -0.497 e. The number of fused-ring (bicyclic) bond motifs is 1. The number of alkyl carbamates (subject to hydrolysis) is 1. The van der Waals surface area contributed by atoms with Crippen LogP contribution in [0.15, 0.2) is 54.7 Å². The summed E-state index contributed by atoms with van der Waals surface area (Å²) in [6, 6.07) is 14.6. The number of nitrogens with one attached hydrogen (secondary N) is 4. The van der Waals surface area contributed by atoms with Gasteiger partial charge in [0.15, 0.2) is 0 Å². The van der Waals surface area contributed by atoms with Gasteiger partial charge >= 0.3 is 6.09 Å². The van der Waals surface area contributed by atoms with Crippen LogP contribution in [0.5, 0.6) is 5.75 Å². The number of thiocarbonyl (C=S) groups is 1. The van der Waals surface area contributed by atoms with Gasteiger partial charge in [-0.05, 0) is 61.9 Å². The van der Waals surface area contributed by atoms with Crippen molar-refractivity contribution in [2.45, 2.75) is 45.3 Å². The number of carbonyl (C=O) groups is 2. The number of ether oxygens (including phenoxy) is 2. The van der Waals surface area contributed by atoms with Crippen molar-refractivity contribution in [3.8, 4) is 5.75 Å². The summed E-state index contributed by atoms with van der Waals surface area (Å²) in [7, 11) is 1.64. The molecule has 0 spiro atoms. The van der Waals surface area contributed by atoms with E-state index in [2.05, 4.69) is 20.9 Å². The fraction of sp³-hybridized carbons (Fsp3) is 0.370. The van der Waals surface area contributed by atoms with Crippen LogP contribution in [-0.2, 0) is 22.6 Å². The van der Waals surface area contributed by atoms with E-state index in [1.54, 1.807) is 7.11 Å². The summed E-state index contributed by atoms with van der Waals surface area (Å²) in [5.74, 6) is 0.548. The number of aromatic nitrogens is 1. The Kier molecular flexibility index (Phi) is 10.6. The van der Waals surface area contributed by atoms with E-state index in [4.69, 9.17) is 21.7 Å². The Morgan fingerprint density at radius 2 is 1.86 bits per heavy atom. The van der Waals surface area contributed by atoms with Gasteiger partial charge in [-0.15, -0.1) is 0 Å². The van der Waals surface area contributed by atoms with Crippen molar-refractivity contribution < 1.29 is 19.1 Å². The molecule has 0 fully saturated rings. The molecular formula is C27H34N4O4S. The maximum Gasteiger partial charge on any atom is 0.408 e. The van der Waals surface area contributed by atoms with Crippen LogP contribution in [0.3, 0.4) is 0 Å². The summed E-state index contributed by atoms with van der Waals surface area (Å²) in [6.45, 7) is 3.14. The molecule has 9 heteroatoms.